The van der Waals surface area contributed by atoms with E-state index in [9.17, 15) is 0 Å². The van der Waals surface area contributed by atoms with Crippen LogP contribution in [0.1, 0.15) is 39.5 Å². The van der Waals surface area contributed by atoms with E-state index in [-0.39, 0.29) is 0 Å². The van der Waals surface area contributed by atoms with Crippen molar-refractivity contribution in [1.29, 1.82) is 0 Å². The molecular formula is C9H20N2. The summed E-state index contributed by atoms with van der Waals surface area (Å²) in [5, 5.41) is 7.00. The molecule has 1 saturated heterocycles. The van der Waals surface area contributed by atoms with Crippen molar-refractivity contribution >= 4 is 0 Å². The Kier molecular flexibility index (Phi) is 3.87. The van der Waals surface area contributed by atoms with Gasteiger partial charge >= 0.3 is 0 Å². The van der Waals surface area contributed by atoms with Gasteiger partial charge in [0, 0.05) is 6.04 Å². The van der Waals surface area contributed by atoms with Crippen molar-refractivity contribution in [2.75, 3.05) is 6.54 Å². The smallest absolute Gasteiger partial charge is 0.0574 e. The largest absolute Gasteiger partial charge is 0.302 e. The topological polar surface area (TPSA) is 24.1 Å². The van der Waals surface area contributed by atoms with Crippen molar-refractivity contribution < 1.29 is 0 Å². The molecule has 0 bridgehead atoms. The Morgan fingerprint density at radius 1 is 1.64 bits per heavy atom. The van der Waals surface area contributed by atoms with E-state index in [1.165, 1.54) is 32.2 Å². The predicted molar refractivity (Wildman–Crippen MR) is 48.5 cm³/mol. The van der Waals surface area contributed by atoms with Gasteiger partial charge in [-0.25, -0.2) is 0 Å². The second-order valence-corrected chi connectivity index (χ2v) is 3.51. The van der Waals surface area contributed by atoms with Gasteiger partial charge in [-0.1, -0.05) is 13.3 Å². The Bertz CT molecular complexity index is 97.7. The van der Waals surface area contributed by atoms with Crippen LogP contribution in [0, 0.1) is 0 Å². The molecule has 0 aromatic rings. The zero-order valence-corrected chi connectivity index (χ0v) is 7.69. The summed E-state index contributed by atoms with van der Waals surface area (Å²) < 4.78 is 0. The van der Waals surface area contributed by atoms with Gasteiger partial charge in [0.2, 0.25) is 0 Å². The Morgan fingerprint density at radius 3 is 3.00 bits per heavy atom. The summed E-state index contributed by atoms with van der Waals surface area (Å²) >= 11 is 0. The van der Waals surface area contributed by atoms with Crippen molar-refractivity contribution in [3.63, 3.8) is 0 Å². The number of hydrogen-bond donors (Lipinski definition) is 2. The zero-order chi connectivity index (χ0) is 8.10. The van der Waals surface area contributed by atoms with Crippen LogP contribution in [0.4, 0.5) is 0 Å². The van der Waals surface area contributed by atoms with Crippen LogP contribution in [-0.2, 0) is 0 Å². The predicted octanol–water partition coefficient (Wildman–Crippen LogP) is 1.47. The van der Waals surface area contributed by atoms with Gasteiger partial charge in [0.25, 0.3) is 0 Å². The van der Waals surface area contributed by atoms with Crippen LogP contribution in [0.25, 0.3) is 0 Å². The van der Waals surface area contributed by atoms with Gasteiger partial charge in [-0.05, 0) is 32.7 Å². The van der Waals surface area contributed by atoms with Crippen LogP contribution >= 0.6 is 0 Å². The summed E-state index contributed by atoms with van der Waals surface area (Å²) in [6.07, 6.45) is 5.79. The highest BCUT2D eigenvalue weighted by Crippen LogP contribution is 2.04. The van der Waals surface area contributed by atoms with E-state index in [1.54, 1.807) is 0 Å². The van der Waals surface area contributed by atoms with Crippen LogP contribution < -0.4 is 10.6 Å². The third-order valence-electron chi connectivity index (χ3n) is 2.27. The van der Waals surface area contributed by atoms with E-state index < -0.39 is 0 Å². The summed E-state index contributed by atoms with van der Waals surface area (Å²) in [4.78, 5) is 0. The second-order valence-electron chi connectivity index (χ2n) is 3.51. The standard InChI is InChI=1S/C9H20N2/c1-3-5-8(2)11-9-6-4-7-10-9/h8-11H,3-7H2,1-2H3. The van der Waals surface area contributed by atoms with Gasteiger partial charge in [-0.3, -0.25) is 5.32 Å². The minimum atomic E-state index is 0.594. The lowest BCUT2D eigenvalue weighted by Gasteiger charge is -2.18. The third-order valence-corrected chi connectivity index (χ3v) is 2.27. The number of rotatable bonds is 4. The minimum Gasteiger partial charge on any atom is -0.302 e. The molecule has 2 atom stereocenters. The summed E-state index contributed by atoms with van der Waals surface area (Å²) in [6, 6.07) is 0.676. The molecule has 1 aliphatic rings. The Balaban J connectivity index is 2.08. The van der Waals surface area contributed by atoms with E-state index in [2.05, 4.69) is 24.5 Å². The molecule has 0 radical (unpaired) electrons. The monoisotopic (exact) mass is 156 g/mol. The van der Waals surface area contributed by atoms with Crippen LogP contribution in [0.2, 0.25) is 0 Å². The molecule has 1 fully saturated rings. The van der Waals surface area contributed by atoms with Crippen molar-refractivity contribution in [3.05, 3.63) is 0 Å². The molecule has 2 N–H and O–H groups in total. The molecule has 0 aromatic heterocycles. The molecule has 2 nitrogen and oxygen atoms in total. The molecule has 0 aromatic carbocycles. The van der Waals surface area contributed by atoms with Crippen LogP contribution in [0.5, 0.6) is 0 Å². The maximum Gasteiger partial charge on any atom is 0.0574 e. The highest BCUT2D eigenvalue weighted by Gasteiger charge is 2.14. The second kappa shape index (κ2) is 4.73. The number of nitrogens with one attached hydrogen (secondary N) is 2. The highest BCUT2D eigenvalue weighted by molar-refractivity contribution is 4.74. The molecule has 1 aliphatic heterocycles. The van der Waals surface area contributed by atoms with Crippen LogP contribution in [-0.4, -0.2) is 18.8 Å². The molecule has 0 spiro atoms. The van der Waals surface area contributed by atoms with Crippen molar-refractivity contribution in [3.8, 4) is 0 Å². The summed E-state index contributed by atoms with van der Waals surface area (Å²) in [7, 11) is 0. The fourth-order valence-electron chi connectivity index (χ4n) is 1.69. The first kappa shape index (κ1) is 9.01. The molecule has 2 heteroatoms. The van der Waals surface area contributed by atoms with E-state index in [0.29, 0.717) is 12.2 Å². The molecule has 66 valence electrons. The molecule has 0 amide bonds. The first-order chi connectivity index (χ1) is 5.33. The fourth-order valence-corrected chi connectivity index (χ4v) is 1.69. The molecule has 1 heterocycles. The quantitative estimate of drug-likeness (QED) is 0.644. The van der Waals surface area contributed by atoms with E-state index in [4.69, 9.17) is 0 Å². The SMILES string of the molecule is CCCC(C)NC1CCCN1. The average molecular weight is 156 g/mol. The third kappa shape index (κ3) is 3.21. The molecule has 1 rings (SSSR count). The molecule has 0 aliphatic carbocycles. The van der Waals surface area contributed by atoms with Crippen LogP contribution in [0.3, 0.4) is 0 Å². The van der Waals surface area contributed by atoms with Gasteiger partial charge in [-0.15, -0.1) is 0 Å². The molecule has 2 unspecified atom stereocenters. The first-order valence-electron chi connectivity index (χ1n) is 4.82. The summed E-state index contributed by atoms with van der Waals surface area (Å²) in [6.45, 7) is 5.69. The van der Waals surface area contributed by atoms with E-state index >= 15 is 0 Å². The first-order valence-corrected chi connectivity index (χ1v) is 4.82. The van der Waals surface area contributed by atoms with Gasteiger partial charge in [0.1, 0.15) is 0 Å². The summed E-state index contributed by atoms with van der Waals surface area (Å²) in [5.74, 6) is 0. The Hall–Kier alpha value is -0.0800. The minimum absolute atomic E-state index is 0.594. The lowest BCUT2D eigenvalue weighted by atomic mass is 10.2. The highest BCUT2D eigenvalue weighted by atomic mass is 15.1. The lowest BCUT2D eigenvalue weighted by molar-refractivity contribution is 0.404. The Morgan fingerprint density at radius 2 is 2.45 bits per heavy atom. The van der Waals surface area contributed by atoms with Gasteiger partial charge < -0.3 is 5.32 Å². The Labute approximate surface area is 69.8 Å². The maximum absolute atomic E-state index is 3.57. The normalized spacial score (nSPS) is 27.3. The van der Waals surface area contributed by atoms with E-state index in [0.717, 1.165) is 0 Å². The van der Waals surface area contributed by atoms with Gasteiger partial charge in [0.15, 0.2) is 0 Å². The van der Waals surface area contributed by atoms with Crippen molar-refractivity contribution in [2.24, 2.45) is 0 Å². The molecular weight excluding hydrogens is 136 g/mol. The average Bonchev–Trinajstić information content (AvgIpc) is 2.40. The van der Waals surface area contributed by atoms with Crippen molar-refractivity contribution in [1.82, 2.24) is 10.6 Å². The lowest BCUT2D eigenvalue weighted by Crippen LogP contribution is -2.42. The van der Waals surface area contributed by atoms with Crippen molar-refractivity contribution in [2.45, 2.75) is 51.7 Å². The molecule has 11 heavy (non-hydrogen) atoms. The molecule has 0 saturated carbocycles. The summed E-state index contributed by atoms with van der Waals surface area (Å²) in [5.41, 5.74) is 0. The van der Waals surface area contributed by atoms with Gasteiger partial charge in [0.05, 0.1) is 6.17 Å². The zero-order valence-electron chi connectivity index (χ0n) is 7.69. The van der Waals surface area contributed by atoms with E-state index in [1.807, 2.05) is 0 Å². The number of hydrogen-bond acceptors (Lipinski definition) is 2. The van der Waals surface area contributed by atoms with Gasteiger partial charge in [-0.2, -0.15) is 0 Å². The maximum atomic E-state index is 3.57. The van der Waals surface area contributed by atoms with Crippen LogP contribution in [0.15, 0.2) is 0 Å². The fraction of sp³-hybridized carbons (Fsp3) is 1.00.